The van der Waals surface area contributed by atoms with Gasteiger partial charge in [0.1, 0.15) is 0 Å². The van der Waals surface area contributed by atoms with Crippen LogP contribution in [0.4, 0.5) is 22.9 Å². The Balaban J connectivity index is 1.17. The van der Waals surface area contributed by atoms with Gasteiger partial charge in [-0.15, -0.1) is 0 Å². The maximum Gasteiger partial charge on any atom is 0.293 e. The molecule has 2 saturated heterocycles. The number of amides is 2. The SMILES string of the molecule is Cc1c(NC(=O)c2ccc(N3CCCCCC3)cc2)cccc1-c1cn(C)c(=O)c(Nc2ccc(C(=O)N3CCOCC3)cc2)n1. The van der Waals surface area contributed by atoms with Crippen LogP contribution in [0.15, 0.2) is 77.7 Å². The van der Waals surface area contributed by atoms with Gasteiger partial charge in [0.25, 0.3) is 17.4 Å². The Hall–Kier alpha value is -4.96. The number of carbonyl (C=O) groups is 2. The summed E-state index contributed by atoms with van der Waals surface area (Å²) in [4.78, 5) is 48.0. The highest BCUT2D eigenvalue weighted by Crippen LogP contribution is 2.29. The van der Waals surface area contributed by atoms with Crippen molar-refractivity contribution in [1.29, 1.82) is 0 Å². The van der Waals surface area contributed by atoms with E-state index in [0.29, 0.717) is 54.5 Å². The van der Waals surface area contributed by atoms with Crippen molar-refractivity contribution in [3.8, 4) is 11.3 Å². The fourth-order valence-electron chi connectivity index (χ4n) is 5.99. The van der Waals surface area contributed by atoms with Gasteiger partial charge >= 0.3 is 0 Å². The minimum Gasteiger partial charge on any atom is -0.378 e. The number of benzene rings is 3. The van der Waals surface area contributed by atoms with Crippen LogP contribution >= 0.6 is 0 Å². The van der Waals surface area contributed by atoms with E-state index in [-0.39, 0.29) is 23.2 Å². The molecule has 10 heteroatoms. The molecule has 238 valence electrons. The first-order valence-corrected chi connectivity index (χ1v) is 16.0. The zero-order valence-corrected chi connectivity index (χ0v) is 26.4. The molecule has 0 spiro atoms. The highest BCUT2D eigenvalue weighted by atomic mass is 16.5. The smallest absolute Gasteiger partial charge is 0.293 e. The monoisotopic (exact) mass is 620 g/mol. The van der Waals surface area contributed by atoms with E-state index < -0.39 is 0 Å². The lowest BCUT2D eigenvalue weighted by Gasteiger charge is -2.26. The molecule has 3 heterocycles. The molecule has 3 aromatic carbocycles. The maximum atomic E-state index is 13.2. The molecular weight excluding hydrogens is 580 g/mol. The summed E-state index contributed by atoms with van der Waals surface area (Å²) in [6.45, 7) is 6.25. The summed E-state index contributed by atoms with van der Waals surface area (Å²) in [5.41, 5.74) is 5.54. The summed E-state index contributed by atoms with van der Waals surface area (Å²) in [7, 11) is 1.68. The molecule has 1 aromatic heterocycles. The van der Waals surface area contributed by atoms with E-state index in [0.717, 1.165) is 29.9 Å². The third-order valence-corrected chi connectivity index (χ3v) is 8.72. The molecule has 0 radical (unpaired) electrons. The van der Waals surface area contributed by atoms with Crippen LogP contribution in [0.1, 0.15) is 52.0 Å². The molecule has 10 nitrogen and oxygen atoms in total. The van der Waals surface area contributed by atoms with Gasteiger partial charge in [-0.25, -0.2) is 4.98 Å². The number of hydrogen-bond donors (Lipinski definition) is 2. The summed E-state index contributed by atoms with van der Waals surface area (Å²) in [6.07, 6.45) is 6.63. The first-order valence-electron chi connectivity index (χ1n) is 16.0. The summed E-state index contributed by atoms with van der Waals surface area (Å²) < 4.78 is 6.83. The number of morpholine rings is 1. The lowest BCUT2D eigenvalue weighted by molar-refractivity contribution is 0.0303. The number of hydrogen-bond acceptors (Lipinski definition) is 7. The fraction of sp³-hybridized carbons (Fsp3) is 0.333. The Bertz CT molecular complexity index is 1750. The lowest BCUT2D eigenvalue weighted by atomic mass is 10.0. The number of rotatable bonds is 7. The second-order valence-corrected chi connectivity index (χ2v) is 11.9. The van der Waals surface area contributed by atoms with Gasteiger partial charge in [0.15, 0.2) is 5.82 Å². The summed E-state index contributed by atoms with van der Waals surface area (Å²) in [5, 5.41) is 6.19. The van der Waals surface area contributed by atoms with E-state index in [1.54, 1.807) is 42.4 Å². The molecule has 2 aliphatic heterocycles. The molecule has 2 aliphatic rings. The van der Waals surface area contributed by atoms with Gasteiger partial charge < -0.3 is 29.7 Å². The molecule has 0 unspecified atom stereocenters. The quantitative estimate of drug-likeness (QED) is 0.277. The Labute approximate surface area is 269 Å². The first kappa shape index (κ1) is 31.0. The number of anilines is 4. The Morgan fingerprint density at radius 3 is 2.20 bits per heavy atom. The van der Waals surface area contributed by atoms with E-state index in [2.05, 4.69) is 20.5 Å². The van der Waals surface area contributed by atoms with Crippen LogP contribution in [0, 0.1) is 6.92 Å². The zero-order chi connectivity index (χ0) is 32.0. The van der Waals surface area contributed by atoms with Crippen molar-refractivity contribution in [1.82, 2.24) is 14.5 Å². The maximum absolute atomic E-state index is 13.2. The van der Waals surface area contributed by atoms with Crippen molar-refractivity contribution >= 4 is 34.7 Å². The molecular formula is C36H40N6O4. The molecule has 0 atom stereocenters. The van der Waals surface area contributed by atoms with Crippen molar-refractivity contribution in [2.75, 3.05) is 54.9 Å². The molecule has 46 heavy (non-hydrogen) atoms. The van der Waals surface area contributed by atoms with Crippen molar-refractivity contribution in [3.05, 3.63) is 100.0 Å². The molecule has 0 saturated carbocycles. The van der Waals surface area contributed by atoms with E-state index in [1.807, 2.05) is 49.4 Å². The van der Waals surface area contributed by atoms with Gasteiger partial charge in [0.2, 0.25) is 0 Å². The number of aryl methyl sites for hydroxylation is 1. The van der Waals surface area contributed by atoms with Crippen LogP contribution in [0.3, 0.4) is 0 Å². The third-order valence-electron chi connectivity index (χ3n) is 8.72. The lowest BCUT2D eigenvalue weighted by Crippen LogP contribution is -2.40. The number of nitrogens with one attached hydrogen (secondary N) is 2. The van der Waals surface area contributed by atoms with E-state index in [1.165, 1.54) is 30.3 Å². The highest BCUT2D eigenvalue weighted by molar-refractivity contribution is 6.05. The zero-order valence-electron chi connectivity index (χ0n) is 26.4. The Morgan fingerprint density at radius 2 is 1.50 bits per heavy atom. The van der Waals surface area contributed by atoms with Gasteiger partial charge in [-0.05, 0) is 79.9 Å². The molecule has 2 fully saturated rings. The number of aromatic nitrogens is 2. The average molecular weight is 621 g/mol. The van der Waals surface area contributed by atoms with Gasteiger partial charge in [-0.3, -0.25) is 14.4 Å². The van der Waals surface area contributed by atoms with Gasteiger partial charge in [0.05, 0.1) is 18.9 Å². The van der Waals surface area contributed by atoms with Crippen LogP contribution in [-0.2, 0) is 11.8 Å². The minimum atomic E-state index is -0.289. The first-order chi connectivity index (χ1) is 22.4. The molecule has 2 amide bonds. The van der Waals surface area contributed by atoms with Gasteiger partial charge in [-0.2, -0.15) is 0 Å². The topological polar surface area (TPSA) is 109 Å². The minimum absolute atomic E-state index is 0.0434. The van der Waals surface area contributed by atoms with Crippen molar-refractivity contribution in [3.63, 3.8) is 0 Å². The molecule has 6 rings (SSSR count). The Kier molecular flexibility index (Phi) is 9.44. The number of nitrogens with zero attached hydrogens (tertiary/aromatic N) is 4. The molecule has 2 N–H and O–H groups in total. The molecule has 0 aliphatic carbocycles. The summed E-state index contributed by atoms with van der Waals surface area (Å²) in [5.74, 6) is -0.0715. The number of carbonyl (C=O) groups excluding carboxylic acids is 2. The summed E-state index contributed by atoms with van der Waals surface area (Å²) in [6, 6.07) is 20.5. The van der Waals surface area contributed by atoms with E-state index in [9.17, 15) is 14.4 Å². The second kappa shape index (κ2) is 14.0. The van der Waals surface area contributed by atoms with Gasteiger partial charge in [0, 0.05) is 73.2 Å². The van der Waals surface area contributed by atoms with Crippen LogP contribution < -0.4 is 21.1 Å². The largest absolute Gasteiger partial charge is 0.378 e. The van der Waals surface area contributed by atoms with Crippen LogP contribution in [0.25, 0.3) is 11.3 Å². The van der Waals surface area contributed by atoms with E-state index in [4.69, 9.17) is 4.74 Å². The fourth-order valence-corrected chi connectivity index (χ4v) is 5.99. The van der Waals surface area contributed by atoms with Crippen LogP contribution in [0.2, 0.25) is 0 Å². The van der Waals surface area contributed by atoms with Crippen LogP contribution in [0.5, 0.6) is 0 Å². The normalized spacial score (nSPS) is 15.3. The molecule has 0 bridgehead atoms. The van der Waals surface area contributed by atoms with E-state index >= 15 is 0 Å². The highest BCUT2D eigenvalue weighted by Gasteiger charge is 2.19. The van der Waals surface area contributed by atoms with Gasteiger partial charge in [-0.1, -0.05) is 25.0 Å². The Morgan fingerprint density at radius 1 is 0.826 bits per heavy atom. The summed E-state index contributed by atoms with van der Waals surface area (Å²) >= 11 is 0. The molecule has 4 aromatic rings. The standard InChI is InChI=1S/C36H40N6O4/c1-25-30(8-7-9-31(25)39-34(43)26-12-16-29(17-13-26)41-18-5-3-4-6-19-41)32-24-40(2)36(45)33(38-32)37-28-14-10-27(11-15-28)35(44)42-20-22-46-23-21-42/h7-17,24H,3-6,18-23H2,1-2H3,(H,37,38)(H,39,43). The predicted octanol–water partition coefficient (Wildman–Crippen LogP) is 5.60. The third kappa shape index (κ3) is 6.97. The predicted molar refractivity (Wildman–Crippen MR) is 181 cm³/mol. The van der Waals surface area contributed by atoms with Crippen molar-refractivity contribution < 1.29 is 14.3 Å². The average Bonchev–Trinajstić information content (AvgIpc) is 3.38. The second-order valence-electron chi connectivity index (χ2n) is 11.9. The number of ether oxygens (including phenoxy) is 1. The van der Waals surface area contributed by atoms with Crippen molar-refractivity contribution in [2.24, 2.45) is 7.05 Å². The van der Waals surface area contributed by atoms with Crippen LogP contribution in [-0.4, -0.2) is 65.7 Å². The van der Waals surface area contributed by atoms with Crippen molar-refractivity contribution in [2.45, 2.75) is 32.6 Å².